The van der Waals surface area contributed by atoms with Crippen molar-refractivity contribution < 1.29 is 9.59 Å². The summed E-state index contributed by atoms with van der Waals surface area (Å²) in [6.45, 7) is 3.97. The Bertz CT molecular complexity index is 236. The fraction of sp³-hybridized carbons (Fsp3) is 0.600. The lowest BCUT2D eigenvalue weighted by Crippen LogP contribution is -2.10. The largest absolute Gasteiger partial charge is 0.294 e. The minimum atomic E-state index is 0.0208. The minimum absolute atomic E-state index is 0.0208. The van der Waals surface area contributed by atoms with E-state index in [9.17, 15) is 9.59 Å². The zero-order chi connectivity index (χ0) is 9.14. The molecule has 0 bridgehead atoms. The molecule has 66 valence electrons. The molecule has 1 rings (SSSR count). The lowest BCUT2D eigenvalue weighted by Gasteiger charge is -2.02. The van der Waals surface area contributed by atoms with Crippen molar-refractivity contribution >= 4 is 11.6 Å². The second-order valence-electron chi connectivity index (χ2n) is 3.60. The molecule has 0 unspecified atom stereocenters. The third kappa shape index (κ3) is 2.03. The van der Waals surface area contributed by atoms with E-state index in [0.717, 1.165) is 6.42 Å². The van der Waals surface area contributed by atoms with E-state index in [1.165, 1.54) is 0 Å². The molecule has 1 aliphatic carbocycles. The molecule has 0 saturated heterocycles. The molecule has 0 heterocycles. The van der Waals surface area contributed by atoms with Crippen LogP contribution in [0.5, 0.6) is 0 Å². The maximum atomic E-state index is 11.4. The Morgan fingerprint density at radius 2 is 2.25 bits per heavy atom. The maximum Gasteiger partial charge on any atom is 0.166 e. The van der Waals surface area contributed by atoms with Gasteiger partial charge in [0.15, 0.2) is 11.6 Å². The third-order valence-electron chi connectivity index (χ3n) is 1.91. The summed E-state index contributed by atoms with van der Waals surface area (Å²) in [5.41, 5.74) is 0.448. The van der Waals surface area contributed by atoms with Crippen molar-refractivity contribution in [2.75, 3.05) is 0 Å². The van der Waals surface area contributed by atoms with Gasteiger partial charge in [-0.2, -0.15) is 0 Å². The number of rotatable bonds is 3. The highest BCUT2D eigenvalue weighted by atomic mass is 16.1. The summed E-state index contributed by atoms with van der Waals surface area (Å²) in [6, 6.07) is 0. The van der Waals surface area contributed by atoms with Gasteiger partial charge in [0, 0.05) is 12.8 Å². The Morgan fingerprint density at radius 3 is 2.67 bits per heavy atom. The molecule has 0 spiro atoms. The first kappa shape index (κ1) is 9.17. The van der Waals surface area contributed by atoms with Crippen LogP contribution in [0.25, 0.3) is 0 Å². The number of carbonyl (C=O) groups is 2. The number of hydrogen-bond donors (Lipinski definition) is 0. The van der Waals surface area contributed by atoms with Crippen molar-refractivity contribution in [1.29, 1.82) is 0 Å². The van der Waals surface area contributed by atoms with E-state index in [-0.39, 0.29) is 11.6 Å². The van der Waals surface area contributed by atoms with Gasteiger partial charge in [-0.05, 0) is 12.3 Å². The number of hydrogen-bond acceptors (Lipinski definition) is 2. The van der Waals surface area contributed by atoms with Crippen molar-refractivity contribution in [1.82, 2.24) is 0 Å². The molecule has 0 saturated carbocycles. The van der Waals surface area contributed by atoms with Crippen molar-refractivity contribution in [3.05, 3.63) is 11.6 Å². The second-order valence-corrected chi connectivity index (χ2v) is 3.60. The SMILES string of the molecule is CC(C)CC(=O)C1=CCCC1=O. The van der Waals surface area contributed by atoms with E-state index in [4.69, 9.17) is 0 Å². The molecule has 0 aromatic rings. The average Bonchev–Trinajstić information content (AvgIpc) is 2.33. The Hall–Kier alpha value is -0.920. The lowest BCUT2D eigenvalue weighted by atomic mass is 10.0. The van der Waals surface area contributed by atoms with E-state index < -0.39 is 0 Å². The van der Waals surface area contributed by atoms with Gasteiger partial charge in [-0.15, -0.1) is 0 Å². The van der Waals surface area contributed by atoms with E-state index >= 15 is 0 Å². The molecule has 0 aromatic heterocycles. The first-order valence-electron chi connectivity index (χ1n) is 4.38. The van der Waals surface area contributed by atoms with Crippen LogP contribution in [0.2, 0.25) is 0 Å². The fourth-order valence-corrected chi connectivity index (χ4v) is 1.35. The Labute approximate surface area is 72.7 Å². The van der Waals surface area contributed by atoms with Crippen LogP contribution in [0.15, 0.2) is 11.6 Å². The normalized spacial score (nSPS) is 16.9. The third-order valence-corrected chi connectivity index (χ3v) is 1.91. The molecule has 12 heavy (non-hydrogen) atoms. The van der Waals surface area contributed by atoms with E-state index in [2.05, 4.69) is 0 Å². The molecular weight excluding hydrogens is 152 g/mol. The van der Waals surface area contributed by atoms with Crippen LogP contribution in [0.3, 0.4) is 0 Å². The van der Waals surface area contributed by atoms with E-state index in [0.29, 0.717) is 24.3 Å². The quantitative estimate of drug-likeness (QED) is 0.600. The predicted molar refractivity (Wildman–Crippen MR) is 46.8 cm³/mol. The number of ketones is 2. The Morgan fingerprint density at radius 1 is 1.58 bits per heavy atom. The van der Waals surface area contributed by atoms with Crippen molar-refractivity contribution in [2.45, 2.75) is 33.1 Å². The van der Waals surface area contributed by atoms with Crippen molar-refractivity contribution in [3.63, 3.8) is 0 Å². The number of Topliss-reactive ketones (excluding diaryl/α,β-unsaturated/α-hetero) is 2. The molecule has 0 aliphatic heterocycles. The Kier molecular flexibility index (Phi) is 2.79. The molecule has 0 fully saturated rings. The Balaban J connectivity index is 2.58. The molecule has 0 atom stereocenters. The first-order valence-corrected chi connectivity index (χ1v) is 4.38. The molecule has 1 aliphatic rings. The van der Waals surface area contributed by atoms with Gasteiger partial charge in [-0.25, -0.2) is 0 Å². The van der Waals surface area contributed by atoms with E-state index in [1.54, 1.807) is 6.08 Å². The molecule has 0 amide bonds. The fourth-order valence-electron chi connectivity index (χ4n) is 1.35. The van der Waals surface area contributed by atoms with Gasteiger partial charge in [0.25, 0.3) is 0 Å². The number of carbonyl (C=O) groups excluding carboxylic acids is 2. The molecule has 0 aromatic carbocycles. The highest BCUT2D eigenvalue weighted by Crippen LogP contribution is 2.17. The van der Waals surface area contributed by atoms with Gasteiger partial charge in [0.05, 0.1) is 5.57 Å². The van der Waals surface area contributed by atoms with Crippen LogP contribution in [0.1, 0.15) is 33.1 Å². The van der Waals surface area contributed by atoms with Gasteiger partial charge in [-0.3, -0.25) is 9.59 Å². The van der Waals surface area contributed by atoms with Crippen LogP contribution in [-0.2, 0) is 9.59 Å². The van der Waals surface area contributed by atoms with Crippen LogP contribution in [0.4, 0.5) is 0 Å². The molecule has 0 radical (unpaired) electrons. The molecular formula is C10H14O2. The van der Waals surface area contributed by atoms with Crippen molar-refractivity contribution in [3.8, 4) is 0 Å². The summed E-state index contributed by atoms with van der Waals surface area (Å²) in [7, 11) is 0. The van der Waals surface area contributed by atoms with E-state index in [1.807, 2.05) is 13.8 Å². The van der Waals surface area contributed by atoms with Gasteiger partial charge in [-0.1, -0.05) is 19.9 Å². The summed E-state index contributed by atoms with van der Waals surface area (Å²) >= 11 is 0. The summed E-state index contributed by atoms with van der Waals surface area (Å²) < 4.78 is 0. The van der Waals surface area contributed by atoms with Gasteiger partial charge in [0.1, 0.15) is 0 Å². The highest BCUT2D eigenvalue weighted by Gasteiger charge is 2.21. The summed E-state index contributed by atoms with van der Waals surface area (Å²) in [4.78, 5) is 22.5. The monoisotopic (exact) mass is 166 g/mol. The van der Waals surface area contributed by atoms with Gasteiger partial charge >= 0.3 is 0 Å². The average molecular weight is 166 g/mol. The summed E-state index contributed by atoms with van der Waals surface area (Å²) in [5.74, 6) is 0.389. The molecule has 0 N–H and O–H groups in total. The van der Waals surface area contributed by atoms with Crippen LogP contribution in [0, 0.1) is 5.92 Å². The van der Waals surface area contributed by atoms with Gasteiger partial charge in [0.2, 0.25) is 0 Å². The second kappa shape index (κ2) is 3.65. The van der Waals surface area contributed by atoms with Crippen LogP contribution in [-0.4, -0.2) is 11.6 Å². The minimum Gasteiger partial charge on any atom is -0.294 e. The first-order chi connectivity index (χ1) is 5.61. The topological polar surface area (TPSA) is 34.1 Å². The van der Waals surface area contributed by atoms with Gasteiger partial charge < -0.3 is 0 Å². The lowest BCUT2D eigenvalue weighted by molar-refractivity contribution is -0.121. The zero-order valence-corrected chi connectivity index (χ0v) is 7.59. The van der Waals surface area contributed by atoms with Crippen LogP contribution >= 0.6 is 0 Å². The molecule has 2 heteroatoms. The maximum absolute atomic E-state index is 11.4. The standard InChI is InChI=1S/C10H14O2/c1-7(2)6-10(12)8-4-3-5-9(8)11/h4,7H,3,5-6H2,1-2H3. The zero-order valence-electron chi connectivity index (χ0n) is 7.59. The summed E-state index contributed by atoms with van der Waals surface area (Å²) in [5, 5.41) is 0. The van der Waals surface area contributed by atoms with Crippen molar-refractivity contribution in [2.24, 2.45) is 5.92 Å². The summed E-state index contributed by atoms with van der Waals surface area (Å²) in [6.07, 6.45) is 3.54. The number of allylic oxidation sites excluding steroid dienone is 2. The molecule has 2 nitrogen and oxygen atoms in total. The smallest absolute Gasteiger partial charge is 0.166 e. The highest BCUT2D eigenvalue weighted by molar-refractivity contribution is 6.21. The predicted octanol–water partition coefficient (Wildman–Crippen LogP) is 1.89. The van der Waals surface area contributed by atoms with Crippen LogP contribution < -0.4 is 0 Å².